The number of hydrogen-bond acceptors (Lipinski definition) is 3. The Hall–Kier alpha value is -2.28. The minimum atomic E-state index is -3.70. The maximum atomic E-state index is 13.2. The largest absolute Gasteiger partial charge is 0.356 e. The van der Waals surface area contributed by atoms with E-state index in [0.717, 1.165) is 56.4 Å². The Bertz CT molecular complexity index is 914. The summed E-state index contributed by atoms with van der Waals surface area (Å²) in [5.41, 5.74) is 2.14. The molecule has 0 unspecified atom stereocenters. The zero-order valence-corrected chi connectivity index (χ0v) is 15.5. The molecule has 138 valence electrons. The van der Waals surface area contributed by atoms with E-state index in [4.69, 9.17) is 0 Å². The summed E-state index contributed by atoms with van der Waals surface area (Å²) < 4.78 is 28.0. The van der Waals surface area contributed by atoms with Gasteiger partial charge >= 0.3 is 0 Å². The van der Waals surface area contributed by atoms with Gasteiger partial charge in [-0.2, -0.15) is 0 Å². The first-order valence-electron chi connectivity index (χ1n) is 9.16. The third-order valence-electron chi connectivity index (χ3n) is 5.19. The molecule has 1 saturated heterocycles. The van der Waals surface area contributed by atoms with Crippen LogP contribution >= 0.6 is 0 Å². The molecule has 0 saturated carbocycles. The number of H-pyrrole nitrogens is 1. The number of hydrogen-bond donors (Lipinski definition) is 1. The Balaban J connectivity index is 1.66. The summed E-state index contributed by atoms with van der Waals surface area (Å²) >= 11 is 0. The highest BCUT2D eigenvalue weighted by Crippen LogP contribution is 2.31. The molecule has 1 aromatic carbocycles. The Kier molecular flexibility index (Phi) is 4.48. The van der Waals surface area contributed by atoms with E-state index in [1.807, 2.05) is 24.3 Å². The second kappa shape index (κ2) is 6.79. The number of aryl methyl sites for hydroxylation is 1. The van der Waals surface area contributed by atoms with Crippen LogP contribution in [0, 0.1) is 0 Å². The van der Waals surface area contributed by atoms with Crippen molar-refractivity contribution in [2.24, 2.45) is 0 Å². The minimum Gasteiger partial charge on any atom is -0.356 e. The molecule has 2 aromatic rings. The monoisotopic (exact) mass is 373 g/mol. The third-order valence-corrected chi connectivity index (χ3v) is 6.98. The van der Waals surface area contributed by atoms with Crippen molar-refractivity contribution in [3.63, 3.8) is 0 Å². The second-order valence-corrected chi connectivity index (χ2v) is 8.77. The number of amides is 1. The van der Waals surface area contributed by atoms with Gasteiger partial charge in [0.15, 0.2) is 0 Å². The van der Waals surface area contributed by atoms with E-state index in [9.17, 15) is 13.2 Å². The highest BCUT2D eigenvalue weighted by molar-refractivity contribution is 7.92. The number of aromatic amines is 1. The molecule has 0 spiro atoms. The van der Waals surface area contributed by atoms with Crippen LogP contribution in [0.15, 0.2) is 41.4 Å². The lowest BCUT2D eigenvalue weighted by molar-refractivity contribution is 0.0787. The van der Waals surface area contributed by atoms with Gasteiger partial charge in [0.1, 0.15) is 10.6 Å². The summed E-state index contributed by atoms with van der Waals surface area (Å²) in [6, 6.07) is 9.14. The van der Waals surface area contributed by atoms with E-state index in [0.29, 0.717) is 12.2 Å². The quantitative estimate of drug-likeness (QED) is 0.899. The molecule has 26 heavy (non-hydrogen) atoms. The van der Waals surface area contributed by atoms with Crippen LogP contribution in [0.2, 0.25) is 0 Å². The van der Waals surface area contributed by atoms with Crippen LogP contribution in [0.3, 0.4) is 0 Å². The minimum absolute atomic E-state index is 0.125. The predicted octanol–water partition coefficient (Wildman–Crippen LogP) is 2.78. The predicted molar refractivity (Wildman–Crippen MR) is 99.8 cm³/mol. The van der Waals surface area contributed by atoms with Crippen molar-refractivity contribution in [1.29, 1.82) is 0 Å². The van der Waals surface area contributed by atoms with Gasteiger partial charge in [0, 0.05) is 25.8 Å². The van der Waals surface area contributed by atoms with Gasteiger partial charge in [0.25, 0.3) is 15.9 Å². The fourth-order valence-corrected chi connectivity index (χ4v) is 5.31. The number of benzene rings is 1. The van der Waals surface area contributed by atoms with Gasteiger partial charge in [0.05, 0.1) is 5.69 Å². The number of anilines is 1. The molecule has 1 N–H and O–H groups in total. The average molecular weight is 373 g/mol. The zero-order valence-electron chi connectivity index (χ0n) is 14.6. The first kappa shape index (κ1) is 17.1. The molecule has 4 rings (SSSR count). The van der Waals surface area contributed by atoms with Crippen LogP contribution in [0.4, 0.5) is 5.69 Å². The lowest BCUT2D eigenvalue weighted by Gasteiger charge is -2.23. The summed E-state index contributed by atoms with van der Waals surface area (Å²) in [6.07, 6.45) is 6.11. The molecular formula is C19H23N3O3S. The molecule has 1 aromatic heterocycles. The molecule has 2 aliphatic rings. The van der Waals surface area contributed by atoms with Gasteiger partial charge in [-0.1, -0.05) is 18.2 Å². The second-order valence-electron chi connectivity index (χ2n) is 6.91. The summed E-state index contributed by atoms with van der Waals surface area (Å²) in [7, 11) is -3.70. The zero-order chi connectivity index (χ0) is 18.1. The van der Waals surface area contributed by atoms with E-state index in [1.165, 1.54) is 16.6 Å². The summed E-state index contributed by atoms with van der Waals surface area (Å²) in [6.45, 7) is 1.93. The standard InChI is InChI=1S/C19H23N3O3S/c23-19(21-10-5-6-11-21)17-13-16(14-20-17)26(24,25)22-12-4-3-8-15-7-1-2-9-18(15)22/h1-2,7,9,13-14,20H,3-6,8,10-12H2. The van der Waals surface area contributed by atoms with Gasteiger partial charge in [-0.25, -0.2) is 8.42 Å². The molecule has 0 aliphatic carbocycles. The van der Waals surface area contributed by atoms with Crippen molar-refractivity contribution in [2.45, 2.75) is 37.0 Å². The maximum absolute atomic E-state index is 13.2. The molecule has 0 radical (unpaired) electrons. The van der Waals surface area contributed by atoms with Crippen LogP contribution in [-0.4, -0.2) is 43.8 Å². The smallest absolute Gasteiger partial charge is 0.270 e. The topological polar surface area (TPSA) is 73.5 Å². The van der Waals surface area contributed by atoms with Gasteiger partial charge in [-0.05, 0) is 49.8 Å². The van der Waals surface area contributed by atoms with Gasteiger partial charge in [-0.15, -0.1) is 0 Å². The van der Waals surface area contributed by atoms with E-state index in [-0.39, 0.29) is 10.8 Å². The van der Waals surface area contributed by atoms with E-state index in [1.54, 1.807) is 4.90 Å². The number of carbonyl (C=O) groups is 1. The molecule has 1 amide bonds. The molecule has 2 aliphatic heterocycles. The number of carbonyl (C=O) groups excluding carboxylic acids is 1. The van der Waals surface area contributed by atoms with Crippen LogP contribution in [0.1, 0.15) is 41.7 Å². The van der Waals surface area contributed by atoms with Crippen LogP contribution in [0.5, 0.6) is 0 Å². The highest BCUT2D eigenvalue weighted by Gasteiger charge is 2.30. The van der Waals surface area contributed by atoms with Crippen molar-refractivity contribution < 1.29 is 13.2 Å². The van der Waals surface area contributed by atoms with Gasteiger partial charge in [0.2, 0.25) is 0 Å². The van der Waals surface area contributed by atoms with Crippen LogP contribution in [0.25, 0.3) is 0 Å². The molecule has 1 fully saturated rings. The van der Waals surface area contributed by atoms with E-state index < -0.39 is 10.0 Å². The summed E-state index contributed by atoms with van der Waals surface area (Å²) in [5.74, 6) is -0.125. The molecular weight excluding hydrogens is 350 g/mol. The molecule has 7 heteroatoms. The molecule has 3 heterocycles. The summed E-state index contributed by atoms with van der Waals surface area (Å²) in [5, 5.41) is 0. The fourth-order valence-electron chi connectivity index (χ4n) is 3.77. The summed E-state index contributed by atoms with van der Waals surface area (Å²) in [4.78, 5) is 17.3. The highest BCUT2D eigenvalue weighted by atomic mass is 32.2. The Morgan fingerprint density at radius 2 is 1.73 bits per heavy atom. The normalized spacial score (nSPS) is 17.8. The number of rotatable bonds is 3. The maximum Gasteiger partial charge on any atom is 0.270 e. The Morgan fingerprint density at radius 3 is 2.54 bits per heavy atom. The SMILES string of the molecule is O=C(c1cc(S(=O)(=O)N2CCCCc3ccccc32)c[nH]1)N1CCCC1. The first-order valence-corrected chi connectivity index (χ1v) is 10.6. The van der Waals surface area contributed by atoms with Crippen LogP contribution in [-0.2, 0) is 16.4 Å². The van der Waals surface area contributed by atoms with E-state index >= 15 is 0 Å². The molecule has 6 nitrogen and oxygen atoms in total. The number of nitrogens with zero attached hydrogens (tertiary/aromatic N) is 2. The number of likely N-dealkylation sites (tertiary alicyclic amines) is 1. The number of aromatic nitrogens is 1. The molecule has 0 bridgehead atoms. The first-order chi connectivity index (χ1) is 12.6. The third kappa shape index (κ3) is 3.00. The number of nitrogens with one attached hydrogen (secondary N) is 1. The van der Waals surface area contributed by atoms with Crippen molar-refractivity contribution in [2.75, 3.05) is 23.9 Å². The van der Waals surface area contributed by atoms with Gasteiger partial charge in [-0.3, -0.25) is 9.10 Å². The van der Waals surface area contributed by atoms with Crippen LogP contribution < -0.4 is 4.31 Å². The van der Waals surface area contributed by atoms with Crippen molar-refractivity contribution in [3.05, 3.63) is 47.8 Å². The number of sulfonamides is 1. The average Bonchev–Trinajstić information content (AvgIpc) is 3.30. The van der Waals surface area contributed by atoms with Crippen molar-refractivity contribution in [1.82, 2.24) is 9.88 Å². The Morgan fingerprint density at radius 1 is 1.00 bits per heavy atom. The van der Waals surface area contributed by atoms with Crippen molar-refractivity contribution >= 4 is 21.6 Å². The molecule has 0 atom stereocenters. The fraction of sp³-hybridized carbons (Fsp3) is 0.421. The lowest BCUT2D eigenvalue weighted by Crippen LogP contribution is -2.31. The van der Waals surface area contributed by atoms with Crippen molar-refractivity contribution in [3.8, 4) is 0 Å². The van der Waals surface area contributed by atoms with Gasteiger partial charge < -0.3 is 9.88 Å². The number of para-hydroxylation sites is 1. The van der Waals surface area contributed by atoms with E-state index in [2.05, 4.69) is 4.98 Å². The Labute approximate surface area is 153 Å². The lowest BCUT2D eigenvalue weighted by atomic mass is 10.1. The number of fused-ring (bicyclic) bond motifs is 1.